The van der Waals surface area contributed by atoms with Crippen molar-refractivity contribution in [2.24, 2.45) is 0 Å². The summed E-state index contributed by atoms with van der Waals surface area (Å²) in [6.07, 6.45) is 1.78. The summed E-state index contributed by atoms with van der Waals surface area (Å²) in [5, 5.41) is 13.9. The molecule has 1 atom stereocenters. The third kappa shape index (κ3) is 6.57. The van der Waals surface area contributed by atoms with Crippen LogP contribution < -0.4 is 10.3 Å². The Bertz CT molecular complexity index is 1440. The molecule has 3 heterocycles. The van der Waals surface area contributed by atoms with Gasteiger partial charge in [-0.05, 0) is 71.4 Å². The number of morpholine rings is 1. The molecule has 0 amide bonds. The van der Waals surface area contributed by atoms with Crippen LogP contribution in [0.4, 0.5) is 0 Å². The van der Waals surface area contributed by atoms with E-state index in [1.54, 1.807) is 7.11 Å². The average molecular weight is 546 g/mol. The number of fused-ring (bicyclic) bond motifs is 1. The number of nitrogens with zero attached hydrogens (tertiary/aromatic N) is 6. The number of rotatable bonds is 12. The molecule has 0 aliphatic carbocycles. The Balaban J connectivity index is 1.41. The van der Waals surface area contributed by atoms with Gasteiger partial charge >= 0.3 is 0 Å². The molecule has 0 bridgehead atoms. The highest BCUT2D eigenvalue weighted by Gasteiger charge is 2.26. The minimum atomic E-state index is -0.0504. The van der Waals surface area contributed by atoms with E-state index in [9.17, 15) is 4.79 Å². The van der Waals surface area contributed by atoms with Gasteiger partial charge in [0.1, 0.15) is 5.75 Å². The molecule has 212 valence electrons. The van der Waals surface area contributed by atoms with Gasteiger partial charge in [0.15, 0.2) is 5.82 Å². The van der Waals surface area contributed by atoms with Crippen molar-refractivity contribution >= 4 is 10.9 Å². The SMILES string of the molecule is CCC(c1nnnn1Cc1ccc(OC)cc1)N(CCCN1CCOCC1)Cc1cc2cccc(C)c2[nH]c1=O. The highest BCUT2D eigenvalue weighted by atomic mass is 16.5. The lowest BCUT2D eigenvalue weighted by Gasteiger charge is -2.32. The summed E-state index contributed by atoms with van der Waals surface area (Å²) < 4.78 is 12.7. The summed E-state index contributed by atoms with van der Waals surface area (Å²) in [7, 11) is 1.66. The van der Waals surface area contributed by atoms with Gasteiger partial charge in [-0.25, -0.2) is 4.68 Å². The molecule has 1 saturated heterocycles. The zero-order valence-corrected chi connectivity index (χ0v) is 23.7. The Morgan fingerprint density at radius 2 is 1.95 bits per heavy atom. The molecule has 1 aliphatic heterocycles. The molecular formula is C30H39N7O3. The molecule has 1 aliphatic rings. The minimum absolute atomic E-state index is 0.0485. The Morgan fingerprint density at radius 3 is 2.70 bits per heavy atom. The number of benzene rings is 2. The number of methoxy groups -OCH3 is 1. The van der Waals surface area contributed by atoms with Gasteiger partial charge in [0.25, 0.3) is 5.56 Å². The number of para-hydroxylation sites is 1. The summed E-state index contributed by atoms with van der Waals surface area (Å²) in [6.45, 7) is 10.5. The van der Waals surface area contributed by atoms with E-state index in [0.717, 1.165) is 91.4 Å². The third-order valence-electron chi connectivity index (χ3n) is 7.74. The van der Waals surface area contributed by atoms with E-state index in [2.05, 4.69) is 43.3 Å². The quantitative estimate of drug-likeness (QED) is 0.288. The van der Waals surface area contributed by atoms with Crippen molar-refractivity contribution in [2.75, 3.05) is 46.5 Å². The summed E-state index contributed by atoms with van der Waals surface area (Å²) in [4.78, 5) is 21.2. The van der Waals surface area contributed by atoms with Crippen LogP contribution in [0.3, 0.4) is 0 Å². The van der Waals surface area contributed by atoms with Crippen LogP contribution in [0, 0.1) is 6.92 Å². The number of pyridine rings is 1. The molecule has 4 aromatic rings. The van der Waals surface area contributed by atoms with Crippen LogP contribution in [0.25, 0.3) is 10.9 Å². The third-order valence-corrected chi connectivity index (χ3v) is 7.74. The fourth-order valence-electron chi connectivity index (χ4n) is 5.50. The summed E-state index contributed by atoms with van der Waals surface area (Å²) in [5.41, 5.74) is 3.74. The molecule has 2 aromatic heterocycles. The molecule has 5 rings (SSSR count). The molecule has 2 aromatic carbocycles. The van der Waals surface area contributed by atoms with Crippen molar-refractivity contribution in [1.82, 2.24) is 35.0 Å². The number of hydrogen-bond acceptors (Lipinski definition) is 8. The first-order valence-corrected chi connectivity index (χ1v) is 14.1. The lowest BCUT2D eigenvalue weighted by molar-refractivity contribution is 0.0349. The van der Waals surface area contributed by atoms with Crippen molar-refractivity contribution in [3.8, 4) is 5.75 Å². The van der Waals surface area contributed by atoms with Crippen LogP contribution in [0.1, 0.15) is 48.3 Å². The molecule has 0 saturated carbocycles. The van der Waals surface area contributed by atoms with Gasteiger partial charge in [0.2, 0.25) is 0 Å². The van der Waals surface area contributed by atoms with Crippen LogP contribution in [0.15, 0.2) is 53.3 Å². The van der Waals surface area contributed by atoms with E-state index >= 15 is 0 Å². The number of nitrogens with one attached hydrogen (secondary N) is 1. The van der Waals surface area contributed by atoms with Crippen molar-refractivity contribution < 1.29 is 9.47 Å². The monoisotopic (exact) mass is 545 g/mol. The molecule has 1 fully saturated rings. The predicted octanol–water partition coefficient (Wildman–Crippen LogP) is 3.56. The van der Waals surface area contributed by atoms with Crippen LogP contribution in [-0.2, 0) is 17.8 Å². The van der Waals surface area contributed by atoms with E-state index < -0.39 is 0 Å². The van der Waals surface area contributed by atoms with Gasteiger partial charge in [0, 0.05) is 31.7 Å². The zero-order valence-electron chi connectivity index (χ0n) is 23.7. The van der Waals surface area contributed by atoms with E-state index in [-0.39, 0.29) is 11.6 Å². The molecule has 10 nitrogen and oxygen atoms in total. The Hall–Kier alpha value is -3.60. The van der Waals surface area contributed by atoms with Crippen LogP contribution in [-0.4, -0.2) is 81.5 Å². The fourth-order valence-corrected chi connectivity index (χ4v) is 5.50. The number of aryl methyl sites for hydroxylation is 1. The molecule has 1 unspecified atom stereocenters. The molecule has 40 heavy (non-hydrogen) atoms. The summed E-state index contributed by atoms with van der Waals surface area (Å²) in [6, 6.07) is 16.0. The predicted molar refractivity (Wildman–Crippen MR) is 155 cm³/mol. The van der Waals surface area contributed by atoms with Crippen molar-refractivity contribution in [3.05, 3.63) is 81.4 Å². The zero-order chi connectivity index (χ0) is 27.9. The van der Waals surface area contributed by atoms with E-state index in [0.29, 0.717) is 13.1 Å². The van der Waals surface area contributed by atoms with E-state index in [4.69, 9.17) is 9.47 Å². The van der Waals surface area contributed by atoms with Gasteiger partial charge in [-0.15, -0.1) is 5.10 Å². The summed E-state index contributed by atoms with van der Waals surface area (Å²) in [5.74, 6) is 1.62. The smallest absolute Gasteiger partial charge is 0.252 e. The van der Waals surface area contributed by atoms with Gasteiger partial charge in [-0.3, -0.25) is 14.6 Å². The number of tetrazole rings is 1. The Morgan fingerprint density at radius 1 is 1.15 bits per heavy atom. The molecule has 0 spiro atoms. The minimum Gasteiger partial charge on any atom is -0.497 e. The van der Waals surface area contributed by atoms with Crippen molar-refractivity contribution in [3.63, 3.8) is 0 Å². The van der Waals surface area contributed by atoms with Crippen LogP contribution in [0.5, 0.6) is 5.75 Å². The second-order valence-electron chi connectivity index (χ2n) is 10.4. The number of hydrogen-bond donors (Lipinski definition) is 1. The molecular weight excluding hydrogens is 506 g/mol. The van der Waals surface area contributed by atoms with Gasteiger partial charge in [-0.1, -0.05) is 37.3 Å². The lowest BCUT2D eigenvalue weighted by Crippen LogP contribution is -2.39. The first-order valence-electron chi connectivity index (χ1n) is 14.1. The largest absolute Gasteiger partial charge is 0.497 e. The number of ether oxygens (including phenoxy) is 2. The normalized spacial score (nSPS) is 15.1. The first-order chi connectivity index (χ1) is 19.6. The van der Waals surface area contributed by atoms with Crippen LogP contribution >= 0.6 is 0 Å². The number of aromatic nitrogens is 5. The number of H-pyrrole nitrogens is 1. The molecule has 0 radical (unpaired) electrons. The van der Waals surface area contributed by atoms with Crippen molar-refractivity contribution in [1.29, 1.82) is 0 Å². The molecule has 1 N–H and O–H groups in total. The van der Waals surface area contributed by atoms with Crippen molar-refractivity contribution in [2.45, 2.75) is 45.8 Å². The topological polar surface area (TPSA) is 101 Å². The summed E-state index contributed by atoms with van der Waals surface area (Å²) >= 11 is 0. The van der Waals surface area contributed by atoms with Crippen LogP contribution in [0.2, 0.25) is 0 Å². The standard InChI is InChI=1S/C30H39N7O3/c1-4-27(29-32-33-34-37(29)20-23-9-11-26(39-3)12-10-23)36(14-6-13-35-15-17-40-18-16-35)21-25-19-24-8-5-7-22(2)28(24)31-30(25)38/h5,7-12,19,27H,4,6,13-18,20-21H2,1-3H3,(H,31,38). The maximum absolute atomic E-state index is 13.2. The fraction of sp³-hybridized carbons (Fsp3) is 0.467. The second kappa shape index (κ2) is 13.2. The number of aromatic amines is 1. The maximum Gasteiger partial charge on any atom is 0.252 e. The highest BCUT2D eigenvalue weighted by Crippen LogP contribution is 2.26. The van der Waals surface area contributed by atoms with E-state index in [1.807, 2.05) is 54.1 Å². The Labute approximate surface area is 234 Å². The van der Waals surface area contributed by atoms with Gasteiger partial charge < -0.3 is 14.5 Å². The first kappa shape index (κ1) is 27.9. The van der Waals surface area contributed by atoms with E-state index in [1.165, 1.54) is 0 Å². The lowest BCUT2D eigenvalue weighted by atomic mass is 10.1. The molecule has 10 heteroatoms. The highest BCUT2D eigenvalue weighted by molar-refractivity contribution is 5.81. The van der Waals surface area contributed by atoms with Gasteiger partial charge in [0.05, 0.1) is 38.4 Å². The average Bonchev–Trinajstić information content (AvgIpc) is 3.43. The van der Waals surface area contributed by atoms with Gasteiger partial charge in [-0.2, -0.15) is 0 Å². The maximum atomic E-state index is 13.2. The second-order valence-corrected chi connectivity index (χ2v) is 10.4. The Kier molecular flexibility index (Phi) is 9.20.